The first-order valence-electron chi connectivity index (χ1n) is 9.56. The smallest absolute Gasteiger partial charge is 0.358 e. The molecule has 0 fully saturated rings. The Morgan fingerprint density at radius 3 is 2.18 bits per heavy atom. The van der Waals surface area contributed by atoms with Crippen molar-refractivity contribution in [3.63, 3.8) is 0 Å². The molecule has 0 radical (unpaired) electrons. The van der Waals surface area contributed by atoms with Gasteiger partial charge in [0.05, 0.1) is 39.5 Å². The molecule has 0 aliphatic rings. The second-order valence-corrected chi connectivity index (χ2v) is 6.92. The number of rotatable bonds is 8. The Morgan fingerprint density at radius 1 is 1.00 bits per heavy atom. The van der Waals surface area contributed by atoms with E-state index in [1.54, 1.807) is 25.6 Å². The zero-order valence-corrected chi connectivity index (χ0v) is 18.1. The predicted molar refractivity (Wildman–Crippen MR) is 113 cm³/mol. The SMILES string of the molecule is CCn1ncc(NC(=O)Cn2nc([N+](=O)[O-])c([N+](=O)[O-])c2C)c1C(=O)Nc1cnn(C)c1C. The first-order chi connectivity index (χ1) is 15.5. The van der Waals surface area contributed by atoms with Crippen molar-refractivity contribution in [3.05, 3.63) is 49.7 Å². The third-order valence-electron chi connectivity index (χ3n) is 4.92. The van der Waals surface area contributed by atoms with Gasteiger partial charge in [-0.25, -0.2) is 0 Å². The quantitative estimate of drug-likeness (QED) is 0.366. The van der Waals surface area contributed by atoms with E-state index in [-0.39, 0.29) is 17.1 Å². The van der Waals surface area contributed by atoms with Crippen LogP contribution < -0.4 is 10.6 Å². The number of hydrogen-bond acceptors (Lipinski definition) is 9. The van der Waals surface area contributed by atoms with Crippen LogP contribution in [0.25, 0.3) is 0 Å². The van der Waals surface area contributed by atoms with Crippen LogP contribution in [-0.4, -0.2) is 51.0 Å². The van der Waals surface area contributed by atoms with Crippen LogP contribution in [0.5, 0.6) is 0 Å². The van der Waals surface area contributed by atoms with E-state index in [0.29, 0.717) is 17.9 Å². The summed E-state index contributed by atoms with van der Waals surface area (Å²) >= 11 is 0. The predicted octanol–water partition coefficient (Wildman–Crippen LogP) is 1.16. The first kappa shape index (κ1) is 23.0. The maximum Gasteiger partial charge on any atom is 0.468 e. The molecule has 0 atom stereocenters. The van der Waals surface area contributed by atoms with E-state index in [1.807, 2.05) is 0 Å². The largest absolute Gasteiger partial charge is 0.468 e. The molecule has 33 heavy (non-hydrogen) atoms. The van der Waals surface area contributed by atoms with Crippen LogP contribution in [0, 0.1) is 34.1 Å². The van der Waals surface area contributed by atoms with Gasteiger partial charge in [0.1, 0.15) is 17.9 Å². The van der Waals surface area contributed by atoms with Crippen molar-refractivity contribution in [1.29, 1.82) is 0 Å². The Labute approximate surface area is 185 Å². The molecule has 0 aromatic carbocycles. The molecule has 0 unspecified atom stereocenters. The molecule has 2 N–H and O–H groups in total. The lowest BCUT2D eigenvalue weighted by atomic mass is 10.3. The Balaban J connectivity index is 1.84. The highest BCUT2D eigenvalue weighted by Gasteiger charge is 2.36. The van der Waals surface area contributed by atoms with Gasteiger partial charge in [-0.05, 0) is 25.7 Å². The minimum Gasteiger partial charge on any atom is -0.358 e. The minimum absolute atomic E-state index is 0.0725. The monoisotopic (exact) mass is 460 g/mol. The third kappa shape index (κ3) is 4.39. The average Bonchev–Trinajstić information content (AvgIpc) is 3.39. The summed E-state index contributed by atoms with van der Waals surface area (Å²) in [6.45, 7) is 4.56. The van der Waals surface area contributed by atoms with Gasteiger partial charge in [0.2, 0.25) is 5.91 Å². The lowest BCUT2D eigenvalue weighted by Gasteiger charge is -2.10. The number of aryl methyl sites for hydroxylation is 2. The molecule has 3 rings (SSSR count). The van der Waals surface area contributed by atoms with Crippen molar-refractivity contribution in [2.75, 3.05) is 10.6 Å². The normalized spacial score (nSPS) is 10.8. The van der Waals surface area contributed by atoms with Crippen LogP contribution in [0.4, 0.5) is 22.9 Å². The number of nitrogens with one attached hydrogen (secondary N) is 2. The number of carbonyl (C=O) groups excluding carboxylic acids is 2. The number of carbonyl (C=O) groups is 2. The van der Waals surface area contributed by atoms with Crippen LogP contribution in [0.3, 0.4) is 0 Å². The summed E-state index contributed by atoms with van der Waals surface area (Å²) < 4.78 is 3.82. The van der Waals surface area contributed by atoms with Crippen LogP contribution in [-0.2, 0) is 24.9 Å². The van der Waals surface area contributed by atoms with Gasteiger partial charge in [-0.15, -0.1) is 0 Å². The van der Waals surface area contributed by atoms with Crippen LogP contribution in [0.2, 0.25) is 0 Å². The third-order valence-corrected chi connectivity index (χ3v) is 4.92. The summed E-state index contributed by atoms with van der Waals surface area (Å²) in [6.07, 6.45) is 2.77. The maximum absolute atomic E-state index is 12.9. The van der Waals surface area contributed by atoms with Crippen molar-refractivity contribution < 1.29 is 19.4 Å². The lowest BCUT2D eigenvalue weighted by Crippen LogP contribution is -2.24. The molecule has 0 saturated carbocycles. The fraction of sp³-hybridized carbons (Fsp3) is 0.353. The van der Waals surface area contributed by atoms with E-state index in [1.165, 1.54) is 24.0 Å². The van der Waals surface area contributed by atoms with Crippen molar-refractivity contribution in [2.24, 2.45) is 7.05 Å². The highest BCUT2D eigenvalue weighted by Crippen LogP contribution is 2.29. The molecule has 174 valence electrons. The summed E-state index contributed by atoms with van der Waals surface area (Å²) in [5, 5.41) is 39.1. The van der Waals surface area contributed by atoms with E-state index in [2.05, 4.69) is 25.9 Å². The molecule has 3 heterocycles. The summed E-state index contributed by atoms with van der Waals surface area (Å²) in [5.74, 6) is -2.22. The molecular weight excluding hydrogens is 440 g/mol. The topological polar surface area (TPSA) is 198 Å². The van der Waals surface area contributed by atoms with Gasteiger partial charge in [0, 0.05) is 13.6 Å². The molecule has 0 aliphatic carbocycles. The zero-order valence-electron chi connectivity index (χ0n) is 18.1. The van der Waals surface area contributed by atoms with Crippen LogP contribution >= 0.6 is 0 Å². The van der Waals surface area contributed by atoms with E-state index < -0.39 is 39.7 Å². The summed E-state index contributed by atoms with van der Waals surface area (Å²) in [6, 6.07) is 0. The van der Waals surface area contributed by atoms with Crippen molar-refractivity contribution in [2.45, 2.75) is 33.9 Å². The Bertz CT molecular complexity index is 1270. The van der Waals surface area contributed by atoms with Gasteiger partial charge < -0.3 is 20.7 Å². The number of aromatic nitrogens is 6. The maximum atomic E-state index is 12.9. The lowest BCUT2D eigenvalue weighted by molar-refractivity contribution is -0.424. The second kappa shape index (κ2) is 8.85. The summed E-state index contributed by atoms with van der Waals surface area (Å²) in [5.41, 5.74) is 0.414. The highest BCUT2D eigenvalue weighted by molar-refractivity contribution is 6.09. The summed E-state index contributed by atoms with van der Waals surface area (Å²) in [4.78, 5) is 45.8. The molecule has 3 aromatic heterocycles. The van der Waals surface area contributed by atoms with E-state index in [9.17, 15) is 29.8 Å². The molecule has 16 nitrogen and oxygen atoms in total. The number of amides is 2. The molecular formula is C17H20N10O6. The zero-order chi connectivity index (χ0) is 24.4. The van der Waals surface area contributed by atoms with Gasteiger partial charge in [-0.3, -0.25) is 29.1 Å². The molecule has 2 amide bonds. The molecule has 0 bridgehead atoms. The molecule has 16 heteroatoms. The highest BCUT2D eigenvalue weighted by atomic mass is 16.6. The van der Waals surface area contributed by atoms with Gasteiger partial charge in [-0.1, -0.05) is 0 Å². The van der Waals surface area contributed by atoms with Crippen molar-refractivity contribution >= 4 is 34.7 Å². The fourth-order valence-electron chi connectivity index (χ4n) is 3.10. The van der Waals surface area contributed by atoms with Gasteiger partial charge in [-0.2, -0.15) is 14.9 Å². The van der Waals surface area contributed by atoms with Gasteiger partial charge in [0.25, 0.3) is 5.91 Å². The Hall–Kier alpha value is -4.63. The number of nitro groups is 2. The van der Waals surface area contributed by atoms with Crippen LogP contribution in [0.15, 0.2) is 12.4 Å². The Kier molecular flexibility index (Phi) is 6.18. The Morgan fingerprint density at radius 2 is 1.67 bits per heavy atom. The number of anilines is 2. The van der Waals surface area contributed by atoms with Crippen molar-refractivity contribution in [1.82, 2.24) is 29.3 Å². The standard InChI is InChI=1S/C17H20N10O6/c1-5-24-15(17(29)21-11-6-18-23(4)9(11)2)12(7-19-24)20-13(28)8-25-10(3)14(26(30)31)16(22-25)27(32)33/h6-7H,5,8H2,1-4H3,(H,20,28)(H,21,29). The van der Waals surface area contributed by atoms with E-state index >= 15 is 0 Å². The van der Waals surface area contributed by atoms with E-state index in [0.717, 1.165) is 4.68 Å². The molecule has 0 saturated heterocycles. The number of nitrogens with zero attached hydrogens (tertiary/aromatic N) is 8. The van der Waals surface area contributed by atoms with Gasteiger partial charge in [0.15, 0.2) is 0 Å². The van der Waals surface area contributed by atoms with Crippen molar-refractivity contribution in [3.8, 4) is 0 Å². The number of hydrogen-bond donors (Lipinski definition) is 2. The van der Waals surface area contributed by atoms with E-state index in [4.69, 9.17) is 0 Å². The minimum atomic E-state index is -0.992. The molecule has 0 spiro atoms. The fourth-order valence-corrected chi connectivity index (χ4v) is 3.10. The molecule has 3 aromatic rings. The first-order valence-corrected chi connectivity index (χ1v) is 9.56. The average molecular weight is 460 g/mol. The summed E-state index contributed by atoms with van der Waals surface area (Å²) in [7, 11) is 1.72. The van der Waals surface area contributed by atoms with Crippen LogP contribution in [0.1, 0.15) is 28.8 Å². The second-order valence-electron chi connectivity index (χ2n) is 6.92. The van der Waals surface area contributed by atoms with Gasteiger partial charge >= 0.3 is 11.5 Å². The molecule has 0 aliphatic heterocycles.